The van der Waals surface area contributed by atoms with Crippen molar-refractivity contribution in [1.29, 1.82) is 0 Å². The minimum Gasteiger partial charge on any atom is -0.301 e. The minimum absolute atomic E-state index is 0.102. The molecule has 1 aromatic heterocycles. The van der Waals surface area contributed by atoms with Crippen molar-refractivity contribution in [3.63, 3.8) is 0 Å². The quantitative estimate of drug-likeness (QED) is 0.526. The van der Waals surface area contributed by atoms with E-state index in [0.717, 1.165) is 45.3 Å². The highest BCUT2D eigenvalue weighted by atomic mass is 32.2. The van der Waals surface area contributed by atoms with Crippen molar-refractivity contribution in [3.8, 4) is 0 Å². The highest BCUT2D eigenvalue weighted by Gasteiger charge is 2.20. The second-order valence-corrected chi connectivity index (χ2v) is 8.90. The molecule has 0 radical (unpaired) electrons. The lowest BCUT2D eigenvalue weighted by Gasteiger charge is -2.04. The Kier molecular flexibility index (Phi) is 4.37. The number of thiazole rings is 1. The Labute approximate surface area is 158 Å². The van der Waals surface area contributed by atoms with Crippen molar-refractivity contribution < 1.29 is 17.6 Å². The van der Waals surface area contributed by atoms with E-state index in [1.54, 1.807) is 0 Å². The van der Waals surface area contributed by atoms with Gasteiger partial charge < -0.3 is 5.32 Å². The SMILES string of the molecule is O=C(CS(=O)(=O)c1ccc(F)cc1)Nc1nc2ccc3ccccc3c2s1. The summed E-state index contributed by atoms with van der Waals surface area (Å²) in [6.45, 7) is 0. The van der Waals surface area contributed by atoms with Crippen LogP contribution in [-0.4, -0.2) is 25.1 Å². The molecule has 0 aliphatic carbocycles. The van der Waals surface area contributed by atoms with Crippen LogP contribution in [0.25, 0.3) is 21.0 Å². The van der Waals surface area contributed by atoms with E-state index >= 15 is 0 Å². The highest BCUT2D eigenvalue weighted by Crippen LogP contribution is 2.32. The minimum atomic E-state index is -3.86. The summed E-state index contributed by atoms with van der Waals surface area (Å²) in [4.78, 5) is 16.5. The molecule has 8 heteroatoms. The normalized spacial score (nSPS) is 11.7. The molecule has 0 atom stereocenters. The number of nitrogens with zero attached hydrogens (tertiary/aromatic N) is 1. The Morgan fingerprint density at radius 2 is 1.78 bits per heavy atom. The van der Waals surface area contributed by atoms with Gasteiger partial charge in [-0.25, -0.2) is 17.8 Å². The number of sulfone groups is 1. The van der Waals surface area contributed by atoms with Gasteiger partial charge in [-0.05, 0) is 35.7 Å². The number of rotatable bonds is 4. The van der Waals surface area contributed by atoms with Gasteiger partial charge in [-0.15, -0.1) is 0 Å². The van der Waals surface area contributed by atoms with E-state index in [1.807, 2.05) is 36.4 Å². The van der Waals surface area contributed by atoms with Gasteiger partial charge in [0.1, 0.15) is 11.6 Å². The van der Waals surface area contributed by atoms with Crippen LogP contribution >= 0.6 is 11.3 Å². The van der Waals surface area contributed by atoms with Gasteiger partial charge in [0, 0.05) is 5.39 Å². The number of fused-ring (bicyclic) bond motifs is 3. The summed E-state index contributed by atoms with van der Waals surface area (Å²) < 4.78 is 38.5. The fraction of sp³-hybridized carbons (Fsp3) is 0.0526. The number of nitrogens with one attached hydrogen (secondary N) is 1. The van der Waals surface area contributed by atoms with Crippen molar-refractivity contribution in [2.45, 2.75) is 4.90 Å². The molecule has 27 heavy (non-hydrogen) atoms. The Morgan fingerprint density at radius 1 is 1.04 bits per heavy atom. The average molecular weight is 400 g/mol. The maximum atomic E-state index is 13.0. The van der Waals surface area contributed by atoms with Crippen molar-refractivity contribution in [1.82, 2.24) is 4.98 Å². The number of anilines is 1. The lowest BCUT2D eigenvalue weighted by Crippen LogP contribution is -2.22. The van der Waals surface area contributed by atoms with E-state index in [-0.39, 0.29) is 4.90 Å². The summed E-state index contributed by atoms with van der Waals surface area (Å²) in [5.74, 6) is -1.97. The zero-order valence-corrected chi connectivity index (χ0v) is 15.5. The van der Waals surface area contributed by atoms with Crippen LogP contribution in [0.3, 0.4) is 0 Å². The molecule has 0 spiro atoms. The van der Waals surface area contributed by atoms with Crippen molar-refractivity contribution in [3.05, 3.63) is 66.5 Å². The summed E-state index contributed by atoms with van der Waals surface area (Å²) in [5, 5.41) is 4.96. The molecule has 0 aliphatic rings. The molecule has 1 amide bonds. The maximum Gasteiger partial charge on any atom is 0.241 e. The van der Waals surface area contributed by atoms with Crippen LogP contribution in [0.2, 0.25) is 0 Å². The fourth-order valence-electron chi connectivity index (χ4n) is 2.76. The van der Waals surface area contributed by atoms with Crippen molar-refractivity contribution >= 4 is 53.2 Å². The molecule has 0 aliphatic heterocycles. The van der Waals surface area contributed by atoms with E-state index in [0.29, 0.717) is 5.13 Å². The van der Waals surface area contributed by atoms with Gasteiger partial charge in [0.15, 0.2) is 15.0 Å². The second kappa shape index (κ2) is 6.71. The monoisotopic (exact) mass is 400 g/mol. The van der Waals surface area contributed by atoms with E-state index in [4.69, 9.17) is 0 Å². The van der Waals surface area contributed by atoms with Crippen LogP contribution in [0.4, 0.5) is 9.52 Å². The van der Waals surface area contributed by atoms with E-state index in [9.17, 15) is 17.6 Å². The lowest BCUT2D eigenvalue weighted by atomic mass is 10.1. The first-order valence-electron chi connectivity index (χ1n) is 7.99. The van der Waals surface area contributed by atoms with Gasteiger partial charge in [-0.2, -0.15) is 0 Å². The molecule has 0 fully saturated rings. The van der Waals surface area contributed by atoms with Crippen LogP contribution in [-0.2, 0) is 14.6 Å². The maximum absolute atomic E-state index is 13.0. The van der Waals surface area contributed by atoms with Crippen LogP contribution in [0.1, 0.15) is 0 Å². The smallest absolute Gasteiger partial charge is 0.241 e. The summed E-state index contributed by atoms with van der Waals surface area (Å²) in [7, 11) is -3.86. The Hall–Kier alpha value is -2.84. The lowest BCUT2D eigenvalue weighted by molar-refractivity contribution is -0.113. The molecular formula is C19H13FN2O3S2. The number of hydrogen-bond acceptors (Lipinski definition) is 5. The topological polar surface area (TPSA) is 76.1 Å². The molecule has 0 unspecified atom stereocenters. The van der Waals surface area contributed by atoms with Crippen molar-refractivity contribution in [2.24, 2.45) is 0 Å². The Bertz CT molecular complexity index is 1270. The van der Waals surface area contributed by atoms with E-state index < -0.39 is 27.3 Å². The number of hydrogen-bond donors (Lipinski definition) is 1. The number of aromatic nitrogens is 1. The standard InChI is InChI=1S/C19H13FN2O3S2/c20-13-6-8-14(9-7-13)27(24,25)11-17(23)22-19-21-16-10-5-12-3-1-2-4-15(12)18(16)26-19/h1-10H,11H2,(H,21,22,23). The predicted molar refractivity (Wildman–Crippen MR) is 104 cm³/mol. The largest absolute Gasteiger partial charge is 0.301 e. The average Bonchev–Trinajstić information content (AvgIpc) is 3.04. The van der Waals surface area contributed by atoms with E-state index in [1.165, 1.54) is 11.3 Å². The summed E-state index contributed by atoms with van der Waals surface area (Å²) in [5.41, 5.74) is 0.732. The zero-order valence-electron chi connectivity index (χ0n) is 13.8. The fourth-order valence-corrected chi connectivity index (χ4v) is 4.91. The number of benzene rings is 3. The van der Waals surface area contributed by atoms with Gasteiger partial charge in [0.05, 0.1) is 15.1 Å². The first kappa shape index (κ1) is 17.6. The molecule has 0 saturated carbocycles. The summed E-state index contributed by atoms with van der Waals surface area (Å²) >= 11 is 1.29. The van der Waals surface area contributed by atoms with E-state index in [2.05, 4.69) is 10.3 Å². The Balaban J connectivity index is 1.57. The first-order valence-corrected chi connectivity index (χ1v) is 10.5. The molecule has 5 nitrogen and oxygen atoms in total. The van der Waals surface area contributed by atoms with Crippen LogP contribution in [0, 0.1) is 5.82 Å². The highest BCUT2D eigenvalue weighted by molar-refractivity contribution is 7.92. The molecule has 4 rings (SSSR count). The molecule has 136 valence electrons. The summed E-state index contributed by atoms with van der Waals surface area (Å²) in [6.07, 6.45) is 0. The predicted octanol–water partition coefficient (Wildman–Crippen LogP) is 4.00. The third-order valence-corrected chi connectivity index (χ3v) is 6.67. The molecule has 1 N–H and O–H groups in total. The zero-order chi connectivity index (χ0) is 19.0. The third kappa shape index (κ3) is 3.54. The molecule has 4 aromatic rings. The molecular weight excluding hydrogens is 387 g/mol. The second-order valence-electron chi connectivity index (χ2n) is 5.92. The van der Waals surface area contributed by atoms with Crippen molar-refractivity contribution in [2.75, 3.05) is 11.1 Å². The van der Waals surface area contributed by atoms with Crippen LogP contribution in [0.15, 0.2) is 65.6 Å². The Morgan fingerprint density at radius 3 is 2.56 bits per heavy atom. The molecule has 3 aromatic carbocycles. The third-order valence-electron chi connectivity index (χ3n) is 4.02. The van der Waals surface area contributed by atoms with Gasteiger partial charge >= 0.3 is 0 Å². The first-order chi connectivity index (χ1) is 12.9. The number of carbonyl (C=O) groups excluding carboxylic acids is 1. The van der Waals surface area contributed by atoms with Gasteiger partial charge in [-0.3, -0.25) is 4.79 Å². The molecule has 0 saturated heterocycles. The number of halogens is 1. The van der Waals surface area contributed by atoms with Crippen LogP contribution < -0.4 is 5.32 Å². The molecule has 1 heterocycles. The molecule has 0 bridgehead atoms. The van der Waals surface area contributed by atoms with Crippen LogP contribution in [0.5, 0.6) is 0 Å². The summed E-state index contributed by atoms with van der Waals surface area (Å²) in [6, 6.07) is 16.0. The van der Waals surface area contributed by atoms with Gasteiger partial charge in [0.2, 0.25) is 5.91 Å². The number of amides is 1. The number of carbonyl (C=O) groups is 1. The van der Waals surface area contributed by atoms with Gasteiger partial charge in [-0.1, -0.05) is 41.7 Å². The van der Waals surface area contributed by atoms with Gasteiger partial charge in [0.25, 0.3) is 0 Å².